The number of hydrogen-bond acceptors (Lipinski definition) is 1. The Labute approximate surface area is 137 Å². The van der Waals surface area contributed by atoms with E-state index in [0.29, 0.717) is 10.8 Å². The van der Waals surface area contributed by atoms with Crippen LogP contribution in [-0.2, 0) is 19.0 Å². The molecule has 0 aliphatic heterocycles. The van der Waals surface area contributed by atoms with E-state index in [1.165, 1.54) is 23.3 Å². The van der Waals surface area contributed by atoms with Gasteiger partial charge in [0.1, 0.15) is 0 Å². The van der Waals surface area contributed by atoms with Gasteiger partial charge in [-0.1, -0.05) is 24.3 Å². The summed E-state index contributed by atoms with van der Waals surface area (Å²) >= 11 is 5.25. The van der Waals surface area contributed by atoms with Gasteiger partial charge in [0, 0.05) is 11.7 Å². The number of halogens is 3. The second kappa shape index (κ2) is 6.20. The average Bonchev–Trinajstić information content (AvgIpc) is 2.88. The maximum atomic E-state index is 12.5. The number of nitrogens with one attached hydrogen (secondary N) is 2. The number of alkyl halides is 3. The summed E-state index contributed by atoms with van der Waals surface area (Å²) in [6.07, 6.45) is -2.54. The molecule has 0 spiro atoms. The van der Waals surface area contributed by atoms with Crippen LogP contribution in [0.2, 0.25) is 0 Å². The molecule has 0 unspecified atom stereocenters. The highest BCUT2D eigenvalue weighted by Crippen LogP contribution is 2.29. The lowest BCUT2D eigenvalue weighted by Gasteiger charge is -2.16. The van der Waals surface area contributed by atoms with Gasteiger partial charge in [-0.05, 0) is 60.5 Å². The summed E-state index contributed by atoms with van der Waals surface area (Å²) in [5.41, 5.74) is 2.48. The van der Waals surface area contributed by atoms with Crippen molar-refractivity contribution < 1.29 is 13.2 Å². The zero-order valence-corrected chi connectivity index (χ0v) is 13.0. The van der Waals surface area contributed by atoms with Crippen molar-refractivity contribution in [3.8, 4) is 0 Å². The molecule has 1 aliphatic rings. The third-order valence-electron chi connectivity index (χ3n) is 3.86. The summed E-state index contributed by atoms with van der Waals surface area (Å²) in [7, 11) is 0. The summed E-state index contributed by atoms with van der Waals surface area (Å²) in [4.78, 5) is 0. The van der Waals surface area contributed by atoms with E-state index in [4.69, 9.17) is 12.2 Å². The summed E-state index contributed by atoms with van der Waals surface area (Å²) in [5.74, 6) is 0. The van der Waals surface area contributed by atoms with Crippen molar-refractivity contribution in [1.29, 1.82) is 0 Å². The van der Waals surface area contributed by atoms with Crippen molar-refractivity contribution >= 4 is 23.0 Å². The Morgan fingerprint density at radius 1 is 0.957 bits per heavy atom. The average molecular weight is 336 g/mol. The molecule has 0 fully saturated rings. The van der Waals surface area contributed by atoms with Gasteiger partial charge in [-0.15, -0.1) is 0 Å². The summed E-state index contributed by atoms with van der Waals surface area (Å²) in [5, 5.41) is 6.56. The zero-order chi connectivity index (χ0) is 16.4. The van der Waals surface area contributed by atoms with Crippen LogP contribution in [0.25, 0.3) is 0 Å². The van der Waals surface area contributed by atoms with Gasteiger partial charge in [0.2, 0.25) is 0 Å². The highest BCUT2D eigenvalue weighted by atomic mass is 32.1. The number of hydrogen-bond donors (Lipinski definition) is 2. The first kappa shape index (κ1) is 15.8. The molecule has 2 aromatic carbocycles. The molecule has 2 aromatic rings. The minimum atomic E-state index is -4.33. The first-order valence-corrected chi connectivity index (χ1v) is 7.64. The zero-order valence-electron chi connectivity index (χ0n) is 12.2. The molecule has 0 saturated heterocycles. The standard InChI is InChI=1S/C17H15F3N2S/c18-17(19,20)13-5-7-14(8-6-13)21-16(23)22-15-9-11-3-1-2-4-12(11)10-15/h1-8,15H,9-10H2,(H2,21,22,23). The van der Waals surface area contributed by atoms with Crippen molar-refractivity contribution in [2.45, 2.75) is 25.1 Å². The molecular formula is C17H15F3N2S. The van der Waals surface area contributed by atoms with Crippen LogP contribution >= 0.6 is 12.2 Å². The Hall–Kier alpha value is -2.08. The van der Waals surface area contributed by atoms with Crippen LogP contribution in [0, 0.1) is 0 Å². The van der Waals surface area contributed by atoms with Gasteiger partial charge < -0.3 is 10.6 Å². The molecule has 2 N–H and O–H groups in total. The normalized spacial score (nSPS) is 14.4. The fourth-order valence-electron chi connectivity index (χ4n) is 2.76. The molecule has 6 heteroatoms. The van der Waals surface area contributed by atoms with Crippen molar-refractivity contribution in [3.63, 3.8) is 0 Å². The Kier molecular flexibility index (Phi) is 4.26. The van der Waals surface area contributed by atoms with E-state index >= 15 is 0 Å². The minimum Gasteiger partial charge on any atom is -0.359 e. The van der Waals surface area contributed by atoms with Crippen LogP contribution in [0.5, 0.6) is 0 Å². The van der Waals surface area contributed by atoms with E-state index in [-0.39, 0.29) is 6.04 Å². The number of thiocarbonyl (C=S) groups is 1. The molecule has 23 heavy (non-hydrogen) atoms. The van der Waals surface area contributed by atoms with Gasteiger partial charge in [-0.25, -0.2) is 0 Å². The van der Waals surface area contributed by atoms with Gasteiger partial charge in [0.05, 0.1) is 5.56 Å². The highest BCUT2D eigenvalue weighted by molar-refractivity contribution is 7.80. The first-order valence-electron chi connectivity index (χ1n) is 7.23. The monoisotopic (exact) mass is 336 g/mol. The molecule has 0 heterocycles. The van der Waals surface area contributed by atoms with E-state index < -0.39 is 11.7 Å². The van der Waals surface area contributed by atoms with Crippen molar-refractivity contribution in [2.75, 3.05) is 5.32 Å². The van der Waals surface area contributed by atoms with Crippen molar-refractivity contribution in [3.05, 3.63) is 65.2 Å². The van der Waals surface area contributed by atoms with E-state index in [1.54, 1.807) is 0 Å². The largest absolute Gasteiger partial charge is 0.416 e. The van der Waals surface area contributed by atoms with Crippen LogP contribution in [0.15, 0.2) is 48.5 Å². The van der Waals surface area contributed by atoms with Crippen molar-refractivity contribution in [1.82, 2.24) is 5.32 Å². The Balaban J connectivity index is 1.56. The SMILES string of the molecule is FC(F)(F)c1ccc(NC(=S)NC2Cc3ccccc3C2)cc1. The molecule has 0 amide bonds. The fraction of sp³-hybridized carbons (Fsp3) is 0.235. The molecular weight excluding hydrogens is 321 g/mol. The number of rotatable bonds is 2. The molecule has 0 aromatic heterocycles. The predicted octanol–water partition coefficient (Wildman–Crippen LogP) is 4.16. The highest BCUT2D eigenvalue weighted by Gasteiger charge is 2.30. The minimum absolute atomic E-state index is 0.210. The molecule has 0 saturated carbocycles. The van der Waals surface area contributed by atoms with Crippen LogP contribution < -0.4 is 10.6 Å². The predicted molar refractivity (Wildman–Crippen MR) is 88.4 cm³/mol. The maximum absolute atomic E-state index is 12.5. The van der Waals surface area contributed by atoms with E-state index in [0.717, 1.165) is 25.0 Å². The van der Waals surface area contributed by atoms with E-state index in [9.17, 15) is 13.2 Å². The molecule has 0 radical (unpaired) electrons. The van der Waals surface area contributed by atoms with Crippen LogP contribution in [0.1, 0.15) is 16.7 Å². The maximum Gasteiger partial charge on any atom is 0.416 e. The van der Waals surface area contributed by atoms with Crippen LogP contribution in [0.3, 0.4) is 0 Å². The second-order valence-corrected chi connectivity index (χ2v) is 5.96. The van der Waals surface area contributed by atoms with Crippen LogP contribution in [0.4, 0.5) is 18.9 Å². The Bertz CT molecular complexity index is 686. The summed E-state index contributed by atoms with van der Waals surface area (Å²) < 4.78 is 37.6. The van der Waals surface area contributed by atoms with Gasteiger partial charge in [-0.2, -0.15) is 13.2 Å². The van der Waals surface area contributed by atoms with E-state index in [2.05, 4.69) is 22.8 Å². The van der Waals surface area contributed by atoms with E-state index in [1.807, 2.05) is 12.1 Å². The topological polar surface area (TPSA) is 24.1 Å². The third-order valence-corrected chi connectivity index (χ3v) is 4.08. The molecule has 0 bridgehead atoms. The molecule has 3 rings (SSSR count). The summed E-state index contributed by atoms with van der Waals surface area (Å²) in [6.45, 7) is 0. The van der Waals surface area contributed by atoms with Gasteiger partial charge in [0.15, 0.2) is 5.11 Å². The Morgan fingerprint density at radius 3 is 2.04 bits per heavy atom. The van der Waals surface area contributed by atoms with Crippen LogP contribution in [-0.4, -0.2) is 11.2 Å². The third kappa shape index (κ3) is 3.82. The van der Waals surface area contributed by atoms with Crippen molar-refractivity contribution in [2.24, 2.45) is 0 Å². The lowest BCUT2D eigenvalue weighted by Crippen LogP contribution is -2.38. The molecule has 120 valence electrons. The van der Waals surface area contributed by atoms with Gasteiger partial charge >= 0.3 is 6.18 Å². The van der Waals surface area contributed by atoms with Gasteiger partial charge in [0.25, 0.3) is 0 Å². The Morgan fingerprint density at radius 2 is 1.52 bits per heavy atom. The molecule has 1 aliphatic carbocycles. The second-order valence-electron chi connectivity index (χ2n) is 5.55. The quantitative estimate of drug-likeness (QED) is 0.806. The number of fused-ring (bicyclic) bond motifs is 1. The summed E-state index contributed by atoms with van der Waals surface area (Å²) in [6, 6.07) is 13.3. The molecule has 0 atom stereocenters. The molecule has 2 nitrogen and oxygen atoms in total. The lowest BCUT2D eigenvalue weighted by molar-refractivity contribution is -0.137. The first-order chi connectivity index (χ1) is 10.9. The smallest absolute Gasteiger partial charge is 0.359 e. The fourth-order valence-corrected chi connectivity index (χ4v) is 3.04. The lowest BCUT2D eigenvalue weighted by atomic mass is 10.1. The number of anilines is 1. The van der Waals surface area contributed by atoms with Gasteiger partial charge in [-0.3, -0.25) is 0 Å². The number of benzene rings is 2.